The van der Waals surface area contributed by atoms with Crippen molar-refractivity contribution in [3.05, 3.63) is 30.3 Å². The molecular weight excluding hydrogens is 250 g/mol. The molecule has 0 unspecified atom stereocenters. The van der Waals surface area contributed by atoms with Gasteiger partial charge in [-0.25, -0.2) is 4.79 Å². The van der Waals surface area contributed by atoms with E-state index < -0.39 is 11.5 Å². The third kappa shape index (κ3) is 2.78. The van der Waals surface area contributed by atoms with Crippen molar-refractivity contribution in [2.24, 2.45) is 5.41 Å². The van der Waals surface area contributed by atoms with Crippen LogP contribution in [-0.2, 0) is 4.79 Å². The van der Waals surface area contributed by atoms with Gasteiger partial charge in [0.25, 0.3) is 0 Å². The van der Waals surface area contributed by atoms with Crippen LogP contribution in [0.1, 0.15) is 27.7 Å². The van der Waals surface area contributed by atoms with Crippen LogP contribution in [0.4, 0.5) is 5.69 Å². The quantitative estimate of drug-likeness (QED) is 0.916. The van der Waals surface area contributed by atoms with Crippen molar-refractivity contribution < 1.29 is 9.90 Å². The highest BCUT2D eigenvalue weighted by Gasteiger charge is 2.48. The summed E-state index contributed by atoms with van der Waals surface area (Å²) in [6.07, 6.45) is 0. The minimum absolute atomic E-state index is 0. The summed E-state index contributed by atoms with van der Waals surface area (Å²) < 4.78 is 0. The van der Waals surface area contributed by atoms with Gasteiger partial charge in [-0.15, -0.1) is 12.4 Å². The number of para-hydroxylation sites is 1. The van der Waals surface area contributed by atoms with Crippen LogP contribution in [0, 0.1) is 5.41 Å². The Bertz CT molecular complexity index is 400. The lowest BCUT2D eigenvalue weighted by Crippen LogP contribution is -2.59. The highest BCUT2D eigenvalue weighted by molar-refractivity contribution is 5.85. The highest BCUT2D eigenvalue weighted by atomic mass is 35.5. The van der Waals surface area contributed by atoms with Crippen LogP contribution >= 0.6 is 12.4 Å². The molecule has 0 saturated heterocycles. The number of halogens is 1. The Morgan fingerprint density at radius 2 is 1.56 bits per heavy atom. The third-order valence-electron chi connectivity index (χ3n) is 3.69. The van der Waals surface area contributed by atoms with Crippen LogP contribution in [-0.4, -0.2) is 23.7 Å². The third-order valence-corrected chi connectivity index (χ3v) is 3.69. The smallest absolute Gasteiger partial charge is 0.329 e. The van der Waals surface area contributed by atoms with Gasteiger partial charge in [0.1, 0.15) is 5.54 Å². The number of benzene rings is 1. The van der Waals surface area contributed by atoms with E-state index in [9.17, 15) is 9.90 Å². The number of aliphatic carboxylic acids is 1. The zero-order valence-corrected chi connectivity index (χ0v) is 12.4. The normalized spacial score (nSPS) is 14.3. The Hall–Kier alpha value is -1.22. The molecule has 0 bridgehead atoms. The van der Waals surface area contributed by atoms with Crippen molar-refractivity contribution in [3.63, 3.8) is 0 Å². The van der Waals surface area contributed by atoms with Gasteiger partial charge in [-0.3, -0.25) is 0 Å². The van der Waals surface area contributed by atoms with Gasteiger partial charge in [-0.2, -0.15) is 0 Å². The molecule has 0 fully saturated rings. The van der Waals surface area contributed by atoms with Crippen LogP contribution in [0.5, 0.6) is 0 Å². The maximum atomic E-state index is 11.6. The van der Waals surface area contributed by atoms with Gasteiger partial charge in [0, 0.05) is 12.7 Å². The van der Waals surface area contributed by atoms with E-state index in [-0.39, 0.29) is 17.8 Å². The van der Waals surface area contributed by atoms with Crippen molar-refractivity contribution in [1.82, 2.24) is 0 Å². The Morgan fingerprint density at radius 1 is 1.11 bits per heavy atom. The number of nitrogens with zero attached hydrogens (tertiary/aromatic N) is 1. The Balaban J connectivity index is 0.00000289. The van der Waals surface area contributed by atoms with Crippen molar-refractivity contribution in [2.45, 2.75) is 33.2 Å². The number of carboxylic acids is 1. The predicted molar refractivity (Wildman–Crippen MR) is 77.6 cm³/mol. The number of hydrogen-bond donors (Lipinski definition) is 1. The molecule has 18 heavy (non-hydrogen) atoms. The van der Waals surface area contributed by atoms with Crippen molar-refractivity contribution in [2.75, 3.05) is 11.9 Å². The van der Waals surface area contributed by atoms with Gasteiger partial charge in [0.05, 0.1) is 0 Å². The van der Waals surface area contributed by atoms with Gasteiger partial charge in [-0.05, 0) is 24.5 Å². The number of anilines is 1. The SMILES string of the molecule is CN(c1ccccc1)[C@](C)(C(=O)O)C(C)(C)C.Cl. The summed E-state index contributed by atoms with van der Waals surface area (Å²) >= 11 is 0. The summed E-state index contributed by atoms with van der Waals surface area (Å²) in [5, 5.41) is 9.56. The van der Waals surface area contributed by atoms with Gasteiger partial charge >= 0.3 is 5.97 Å². The van der Waals surface area contributed by atoms with E-state index in [1.54, 1.807) is 6.92 Å². The molecular formula is C14H22ClNO2. The first kappa shape index (κ1) is 16.8. The summed E-state index contributed by atoms with van der Waals surface area (Å²) in [4.78, 5) is 13.5. The fourth-order valence-corrected chi connectivity index (χ4v) is 1.88. The molecule has 3 nitrogen and oxygen atoms in total. The molecule has 0 aliphatic rings. The summed E-state index contributed by atoms with van der Waals surface area (Å²) in [5.74, 6) is -0.809. The lowest BCUT2D eigenvalue weighted by Gasteiger charge is -2.46. The average Bonchev–Trinajstić information content (AvgIpc) is 2.26. The first-order valence-corrected chi connectivity index (χ1v) is 5.73. The molecule has 102 valence electrons. The molecule has 0 radical (unpaired) electrons. The Labute approximate surface area is 115 Å². The maximum Gasteiger partial charge on any atom is 0.329 e. The monoisotopic (exact) mass is 271 g/mol. The largest absolute Gasteiger partial charge is 0.479 e. The van der Waals surface area contributed by atoms with E-state index in [2.05, 4.69) is 0 Å². The highest BCUT2D eigenvalue weighted by Crippen LogP contribution is 2.37. The maximum absolute atomic E-state index is 11.6. The molecule has 1 atom stereocenters. The molecule has 1 aromatic rings. The Kier molecular flexibility index (Phi) is 5.23. The van der Waals surface area contributed by atoms with E-state index >= 15 is 0 Å². The second-order valence-corrected chi connectivity index (χ2v) is 5.52. The number of hydrogen-bond acceptors (Lipinski definition) is 2. The molecule has 1 aromatic carbocycles. The molecule has 0 heterocycles. The summed E-state index contributed by atoms with van der Waals surface area (Å²) in [6.45, 7) is 7.60. The van der Waals surface area contributed by atoms with Crippen LogP contribution in [0.2, 0.25) is 0 Å². The van der Waals surface area contributed by atoms with Crippen molar-refractivity contribution >= 4 is 24.1 Å². The van der Waals surface area contributed by atoms with Crippen molar-refractivity contribution in [1.29, 1.82) is 0 Å². The minimum Gasteiger partial charge on any atom is -0.479 e. The van der Waals surface area contributed by atoms with Gasteiger partial charge in [-0.1, -0.05) is 39.0 Å². The average molecular weight is 272 g/mol. The fourth-order valence-electron chi connectivity index (χ4n) is 1.88. The molecule has 0 aromatic heterocycles. The lowest BCUT2D eigenvalue weighted by molar-refractivity contribution is -0.146. The van der Waals surface area contributed by atoms with Gasteiger partial charge < -0.3 is 10.0 Å². The second kappa shape index (κ2) is 5.61. The van der Waals surface area contributed by atoms with E-state index in [0.29, 0.717) is 0 Å². The standard InChI is InChI=1S/C14H21NO2.ClH/c1-13(2,3)14(4,12(16)17)15(5)11-9-7-6-8-10-11;/h6-10H,1-5H3,(H,16,17);1H/t14-;/m1./s1. The summed E-state index contributed by atoms with van der Waals surface area (Å²) in [6, 6.07) is 9.60. The molecule has 0 spiro atoms. The number of carbonyl (C=O) groups is 1. The van der Waals surface area contributed by atoms with E-state index in [1.165, 1.54) is 0 Å². The predicted octanol–water partition coefficient (Wildman–Crippen LogP) is 3.43. The first-order valence-electron chi connectivity index (χ1n) is 5.73. The van der Waals surface area contributed by atoms with Crippen LogP contribution < -0.4 is 4.90 Å². The van der Waals surface area contributed by atoms with Crippen molar-refractivity contribution in [3.8, 4) is 0 Å². The first-order chi connectivity index (χ1) is 7.71. The Morgan fingerprint density at radius 3 is 1.89 bits per heavy atom. The van der Waals surface area contributed by atoms with Crippen LogP contribution in [0.25, 0.3) is 0 Å². The molecule has 1 rings (SSSR count). The zero-order valence-electron chi connectivity index (χ0n) is 11.6. The summed E-state index contributed by atoms with van der Waals surface area (Å²) in [5.41, 5.74) is -0.412. The number of carboxylic acid groups (broad SMARTS) is 1. The van der Waals surface area contributed by atoms with E-state index in [0.717, 1.165) is 5.69 Å². The van der Waals surface area contributed by atoms with Crippen LogP contribution in [0.15, 0.2) is 30.3 Å². The molecule has 0 aliphatic heterocycles. The summed E-state index contributed by atoms with van der Waals surface area (Å²) in [7, 11) is 1.83. The fraction of sp³-hybridized carbons (Fsp3) is 0.500. The second-order valence-electron chi connectivity index (χ2n) is 5.52. The topological polar surface area (TPSA) is 40.5 Å². The lowest BCUT2D eigenvalue weighted by atomic mass is 9.73. The van der Waals surface area contributed by atoms with E-state index in [1.807, 2.05) is 63.1 Å². The number of rotatable bonds is 3. The zero-order chi connectivity index (χ0) is 13.3. The van der Waals surface area contributed by atoms with E-state index in [4.69, 9.17) is 0 Å². The van der Waals surface area contributed by atoms with Crippen LogP contribution in [0.3, 0.4) is 0 Å². The van der Waals surface area contributed by atoms with Gasteiger partial charge in [0.2, 0.25) is 0 Å². The minimum atomic E-state index is -0.950. The molecule has 0 aliphatic carbocycles. The molecule has 0 amide bonds. The molecule has 1 N–H and O–H groups in total. The van der Waals surface area contributed by atoms with Gasteiger partial charge in [0.15, 0.2) is 0 Å². The molecule has 0 saturated carbocycles. The molecule has 4 heteroatoms. The number of likely N-dealkylation sites (N-methyl/N-ethyl adjacent to an activating group) is 1.